The highest BCUT2D eigenvalue weighted by Crippen LogP contribution is 2.19. The number of benzene rings is 2. The molecule has 126 valence electrons. The predicted octanol–water partition coefficient (Wildman–Crippen LogP) is 4.27. The standard InChI is InChI=1S/C18H19BrN2O3/c1-2-24-18(23)21-16(13-6-4-3-5-7-13)12-17(22)20-15-10-8-14(19)9-11-15/h3-11,16H,2,12H2,1H3,(H,20,22)(H,21,23)/t16-/m1/s1. The van der Waals surface area contributed by atoms with Gasteiger partial charge in [0.15, 0.2) is 0 Å². The molecule has 5 nitrogen and oxygen atoms in total. The average molecular weight is 391 g/mol. The van der Waals surface area contributed by atoms with Gasteiger partial charge in [-0.2, -0.15) is 0 Å². The van der Waals surface area contributed by atoms with Crippen molar-refractivity contribution in [3.63, 3.8) is 0 Å². The molecule has 0 aromatic heterocycles. The third-order valence-corrected chi connectivity index (χ3v) is 3.82. The first-order valence-corrected chi connectivity index (χ1v) is 8.41. The Labute approximate surface area is 149 Å². The fourth-order valence-electron chi connectivity index (χ4n) is 2.18. The van der Waals surface area contributed by atoms with Gasteiger partial charge >= 0.3 is 6.09 Å². The second kappa shape index (κ2) is 9.08. The Balaban J connectivity index is 2.05. The van der Waals surface area contributed by atoms with Crippen LogP contribution in [0.25, 0.3) is 0 Å². The number of rotatable bonds is 6. The topological polar surface area (TPSA) is 67.4 Å². The van der Waals surface area contributed by atoms with E-state index in [4.69, 9.17) is 4.74 Å². The lowest BCUT2D eigenvalue weighted by atomic mass is 10.0. The van der Waals surface area contributed by atoms with Crippen LogP contribution in [-0.4, -0.2) is 18.6 Å². The van der Waals surface area contributed by atoms with Gasteiger partial charge in [-0.15, -0.1) is 0 Å². The Morgan fingerprint density at radius 1 is 1.08 bits per heavy atom. The lowest BCUT2D eigenvalue weighted by molar-refractivity contribution is -0.116. The third kappa shape index (κ3) is 5.70. The van der Waals surface area contributed by atoms with Crippen molar-refractivity contribution in [3.8, 4) is 0 Å². The van der Waals surface area contributed by atoms with Crippen LogP contribution in [0.4, 0.5) is 10.5 Å². The fraction of sp³-hybridized carbons (Fsp3) is 0.222. The molecule has 0 unspecified atom stereocenters. The lowest BCUT2D eigenvalue weighted by Crippen LogP contribution is -2.32. The molecule has 2 aromatic carbocycles. The molecule has 0 fully saturated rings. The number of hydrogen-bond acceptors (Lipinski definition) is 3. The molecule has 0 spiro atoms. The highest BCUT2D eigenvalue weighted by Gasteiger charge is 2.19. The first-order chi connectivity index (χ1) is 11.6. The average Bonchev–Trinajstić information content (AvgIpc) is 2.57. The summed E-state index contributed by atoms with van der Waals surface area (Å²) in [6, 6.07) is 16.2. The zero-order valence-corrected chi connectivity index (χ0v) is 14.9. The number of anilines is 1. The molecular formula is C18H19BrN2O3. The largest absolute Gasteiger partial charge is 0.450 e. The van der Waals surface area contributed by atoms with Crippen LogP contribution < -0.4 is 10.6 Å². The first kappa shape index (κ1) is 18.0. The normalized spacial score (nSPS) is 11.4. The van der Waals surface area contributed by atoms with Crippen LogP contribution in [0.5, 0.6) is 0 Å². The van der Waals surface area contributed by atoms with Crippen molar-refractivity contribution in [2.24, 2.45) is 0 Å². The Bertz CT molecular complexity index is 674. The van der Waals surface area contributed by atoms with Gasteiger partial charge in [0.2, 0.25) is 5.91 Å². The van der Waals surface area contributed by atoms with E-state index >= 15 is 0 Å². The van der Waals surface area contributed by atoms with Crippen molar-refractivity contribution >= 4 is 33.6 Å². The molecule has 0 aliphatic carbocycles. The van der Waals surface area contributed by atoms with Crippen LogP contribution in [0.3, 0.4) is 0 Å². The smallest absolute Gasteiger partial charge is 0.407 e. The number of halogens is 1. The number of nitrogens with one attached hydrogen (secondary N) is 2. The highest BCUT2D eigenvalue weighted by atomic mass is 79.9. The molecular weight excluding hydrogens is 372 g/mol. The minimum Gasteiger partial charge on any atom is -0.450 e. The van der Waals surface area contributed by atoms with Gasteiger partial charge in [0, 0.05) is 10.2 Å². The van der Waals surface area contributed by atoms with Crippen LogP contribution >= 0.6 is 15.9 Å². The quantitative estimate of drug-likeness (QED) is 0.773. The minimum atomic E-state index is -0.539. The second-order valence-corrected chi connectivity index (χ2v) is 6.00. The molecule has 2 amide bonds. The van der Waals surface area contributed by atoms with E-state index in [-0.39, 0.29) is 18.9 Å². The SMILES string of the molecule is CCOC(=O)N[C@H](CC(=O)Nc1ccc(Br)cc1)c1ccccc1. The van der Waals surface area contributed by atoms with Gasteiger partial charge in [-0.25, -0.2) is 4.79 Å². The Morgan fingerprint density at radius 3 is 2.38 bits per heavy atom. The van der Waals surface area contributed by atoms with Crippen LogP contribution in [0.1, 0.15) is 24.9 Å². The van der Waals surface area contributed by atoms with E-state index in [0.717, 1.165) is 10.0 Å². The summed E-state index contributed by atoms with van der Waals surface area (Å²) in [7, 11) is 0. The number of amides is 2. The Hall–Kier alpha value is -2.34. The molecule has 2 N–H and O–H groups in total. The van der Waals surface area contributed by atoms with E-state index in [1.165, 1.54) is 0 Å². The van der Waals surface area contributed by atoms with E-state index in [1.54, 1.807) is 19.1 Å². The van der Waals surface area contributed by atoms with Crippen molar-refractivity contribution < 1.29 is 14.3 Å². The zero-order chi connectivity index (χ0) is 17.4. The summed E-state index contributed by atoms with van der Waals surface area (Å²) in [4.78, 5) is 24.0. The molecule has 1 atom stereocenters. The van der Waals surface area contributed by atoms with Gasteiger partial charge in [-0.3, -0.25) is 4.79 Å². The molecule has 0 aliphatic rings. The highest BCUT2D eigenvalue weighted by molar-refractivity contribution is 9.10. The summed E-state index contributed by atoms with van der Waals surface area (Å²) >= 11 is 3.35. The van der Waals surface area contributed by atoms with E-state index < -0.39 is 12.1 Å². The maximum atomic E-state index is 12.3. The van der Waals surface area contributed by atoms with Gasteiger partial charge < -0.3 is 15.4 Å². The number of alkyl carbamates (subject to hydrolysis) is 1. The predicted molar refractivity (Wildman–Crippen MR) is 96.7 cm³/mol. The summed E-state index contributed by atoms with van der Waals surface area (Å²) in [6.07, 6.45) is -0.429. The maximum Gasteiger partial charge on any atom is 0.407 e. The van der Waals surface area contributed by atoms with Crippen LogP contribution in [0.2, 0.25) is 0 Å². The van der Waals surface area contributed by atoms with E-state index in [9.17, 15) is 9.59 Å². The van der Waals surface area contributed by atoms with Gasteiger partial charge in [0.05, 0.1) is 19.1 Å². The number of hydrogen-bond donors (Lipinski definition) is 2. The third-order valence-electron chi connectivity index (χ3n) is 3.29. The molecule has 2 rings (SSSR count). The van der Waals surface area contributed by atoms with E-state index in [2.05, 4.69) is 26.6 Å². The Morgan fingerprint density at radius 2 is 1.75 bits per heavy atom. The zero-order valence-electron chi connectivity index (χ0n) is 13.3. The molecule has 0 radical (unpaired) electrons. The van der Waals surface area contributed by atoms with Crippen molar-refractivity contribution in [1.29, 1.82) is 0 Å². The number of carbonyl (C=O) groups excluding carboxylic acids is 2. The molecule has 24 heavy (non-hydrogen) atoms. The minimum absolute atomic E-state index is 0.110. The molecule has 0 bridgehead atoms. The molecule has 0 aliphatic heterocycles. The Kier molecular flexibility index (Phi) is 6.81. The van der Waals surface area contributed by atoms with Crippen LogP contribution in [-0.2, 0) is 9.53 Å². The molecule has 0 saturated heterocycles. The summed E-state index contributed by atoms with van der Waals surface area (Å²) in [5, 5.41) is 5.55. The summed E-state index contributed by atoms with van der Waals surface area (Å²) in [6.45, 7) is 2.01. The monoisotopic (exact) mass is 390 g/mol. The molecule has 6 heteroatoms. The van der Waals surface area contributed by atoms with Crippen molar-refractivity contribution in [1.82, 2.24) is 5.32 Å². The number of carbonyl (C=O) groups is 2. The van der Waals surface area contributed by atoms with Crippen molar-refractivity contribution in [3.05, 3.63) is 64.6 Å². The first-order valence-electron chi connectivity index (χ1n) is 7.62. The molecule has 0 saturated carbocycles. The van der Waals surface area contributed by atoms with Gasteiger partial charge in [0.25, 0.3) is 0 Å². The van der Waals surface area contributed by atoms with Crippen LogP contribution in [0.15, 0.2) is 59.1 Å². The molecule has 0 heterocycles. The van der Waals surface area contributed by atoms with Crippen molar-refractivity contribution in [2.45, 2.75) is 19.4 Å². The second-order valence-electron chi connectivity index (χ2n) is 5.09. The van der Waals surface area contributed by atoms with Gasteiger partial charge in [0.1, 0.15) is 0 Å². The van der Waals surface area contributed by atoms with Crippen molar-refractivity contribution in [2.75, 3.05) is 11.9 Å². The van der Waals surface area contributed by atoms with Crippen LogP contribution in [0, 0.1) is 0 Å². The summed E-state index contributed by atoms with van der Waals surface area (Å²) < 4.78 is 5.86. The van der Waals surface area contributed by atoms with Gasteiger partial charge in [-0.1, -0.05) is 46.3 Å². The number of ether oxygens (including phenoxy) is 1. The summed E-state index contributed by atoms with van der Waals surface area (Å²) in [5.41, 5.74) is 1.54. The fourth-order valence-corrected chi connectivity index (χ4v) is 2.45. The van der Waals surface area contributed by atoms with E-state index in [1.807, 2.05) is 42.5 Å². The lowest BCUT2D eigenvalue weighted by Gasteiger charge is -2.18. The van der Waals surface area contributed by atoms with E-state index in [0.29, 0.717) is 5.69 Å². The molecule has 2 aromatic rings. The summed E-state index contributed by atoms with van der Waals surface area (Å²) in [5.74, 6) is -0.192. The van der Waals surface area contributed by atoms with Gasteiger partial charge in [-0.05, 0) is 36.8 Å². The maximum absolute atomic E-state index is 12.3.